The number of rotatable bonds is 5. The van der Waals surface area contributed by atoms with Crippen LogP contribution in [0.15, 0.2) is 23.1 Å². The highest BCUT2D eigenvalue weighted by Crippen LogP contribution is 2.36. The van der Waals surface area contributed by atoms with Gasteiger partial charge in [0.1, 0.15) is 10.6 Å². The third kappa shape index (κ3) is 4.15. The van der Waals surface area contributed by atoms with E-state index in [2.05, 4.69) is 15.4 Å². The Labute approximate surface area is 149 Å². The van der Waals surface area contributed by atoms with Crippen molar-refractivity contribution in [2.24, 2.45) is 11.1 Å². The molecule has 26 heavy (non-hydrogen) atoms. The van der Waals surface area contributed by atoms with E-state index in [0.29, 0.717) is 24.9 Å². The molecule has 1 aliphatic carbocycles. The minimum atomic E-state index is -3.92. The van der Waals surface area contributed by atoms with Crippen molar-refractivity contribution >= 4 is 10.0 Å². The Morgan fingerprint density at radius 3 is 2.65 bits per heavy atom. The molecule has 1 aromatic heterocycles. The number of benzene rings is 1. The molecule has 0 amide bonds. The second kappa shape index (κ2) is 6.88. The van der Waals surface area contributed by atoms with Crippen LogP contribution in [-0.4, -0.2) is 41.7 Å². The number of halogens is 2. The summed E-state index contributed by atoms with van der Waals surface area (Å²) in [6.45, 7) is 0.412. The molecule has 2 aromatic rings. The highest BCUT2D eigenvalue weighted by atomic mass is 32.2. The summed E-state index contributed by atoms with van der Waals surface area (Å²) >= 11 is 0. The molecule has 11 heteroatoms. The molecule has 8 nitrogen and oxygen atoms in total. The number of sulfonamides is 1. The van der Waals surface area contributed by atoms with E-state index in [1.54, 1.807) is 0 Å². The average Bonchev–Trinajstić information content (AvgIpc) is 3.04. The number of hydrogen-bond donors (Lipinski definition) is 1. The van der Waals surface area contributed by atoms with Crippen LogP contribution in [0, 0.1) is 5.92 Å². The number of primary sulfonamides is 1. The molecule has 1 saturated carbocycles. The van der Waals surface area contributed by atoms with E-state index in [4.69, 9.17) is 9.88 Å². The third-order valence-electron chi connectivity index (χ3n) is 4.44. The van der Waals surface area contributed by atoms with Crippen LogP contribution in [0.3, 0.4) is 0 Å². The van der Waals surface area contributed by atoms with E-state index in [0.717, 1.165) is 0 Å². The van der Waals surface area contributed by atoms with Crippen molar-refractivity contribution in [1.29, 1.82) is 0 Å². The minimum absolute atomic E-state index is 0.0795. The van der Waals surface area contributed by atoms with Gasteiger partial charge < -0.3 is 4.74 Å². The summed E-state index contributed by atoms with van der Waals surface area (Å²) in [5.41, 5.74) is 0.510. The summed E-state index contributed by atoms with van der Waals surface area (Å²) in [6.07, 6.45) is 0.596. The van der Waals surface area contributed by atoms with Gasteiger partial charge in [0.15, 0.2) is 0 Å². The Kier molecular flexibility index (Phi) is 4.93. The maximum atomic E-state index is 13.2. The number of nitrogens with two attached hydrogens (primary N) is 1. The minimum Gasteiger partial charge on any atom is -0.495 e. The van der Waals surface area contributed by atoms with E-state index in [1.807, 2.05) is 0 Å². The van der Waals surface area contributed by atoms with Crippen LogP contribution in [-0.2, 0) is 16.6 Å². The van der Waals surface area contributed by atoms with E-state index in [1.165, 1.54) is 30.1 Å². The smallest absolute Gasteiger partial charge is 0.248 e. The van der Waals surface area contributed by atoms with Gasteiger partial charge in [-0.2, -0.15) is 4.80 Å². The van der Waals surface area contributed by atoms with Crippen LogP contribution in [0.1, 0.15) is 25.7 Å². The lowest BCUT2D eigenvalue weighted by molar-refractivity contribution is -0.0480. The zero-order valence-corrected chi connectivity index (χ0v) is 14.9. The zero-order valence-electron chi connectivity index (χ0n) is 14.1. The van der Waals surface area contributed by atoms with Gasteiger partial charge in [0, 0.05) is 18.4 Å². The Morgan fingerprint density at radius 2 is 2.04 bits per heavy atom. The Bertz CT molecular complexity index is 890. The number of aromatic nitrogens is 4. The second-order valence-electron chi connectivity index (χ2n) is 6.38. The normalized spacial score (nSPS) is 18.0. The standard InChI is InChI=1S/C15H19F2N5O3S/c1-25-12-8-11(2-3-13(12)26(18,23)24)14-19-21-22(20-14)9-10-4-6-15(16,17)7-5-10/h2-3,8,10H,4-7,9H2,1H3,(H2,18,23,24). The van der Waals surface area contributed by atoms with Crippen molar-refractivity contribution in [2.45, 2.75) is 43.0 Å². The fraction of sp³-hybridized carbons (Fsp3) is 0.533. The van der Waals surface area contributed by atoms with E-state index >= 15 is 0 Å². The molecular formula is C15H19F2N5O3S. The first kappa shape index (κ1) is 18.6. The quantitative estimate of drug-likeness (QED) is 0.837. The van der Waals surface area contributed by atoms with Crippen molar-refractivity contribution < 1.29 is 21.9 Å². The molecule has 1 aromatic carbocycles. The summed E-state index contributed by atoms with van der Waals surface area (Å²) < 4.78 is 54.6. The van der Waals surface area contributed by atoms with E-state index in [9.17, 15) is 17.2 Å². The van der Waals surface area contributed by atoms with Gasteiger partial charge in [-0.3, -0.25) is 0 Å². The maximum Gasteiger partial charge on any atom is 0.248 e. The van der Waals surface area contributed by atoms with Crippen LogP contribution in [0.25, 0.3) is 11.4 Å². The average molecular weight is 387 g/mol. The fourth-order valence-electron chi connectivity index (χ4n) is 2.99. The van der Waals surface area contributed by atoms with Crippen molar-refractivity contribution in [1.82, 2.24) is 20.2 Å². The third-order valence-corrected chi connectivity index (χ3v) is 5.39. The summed E-state index contributed by atoms with van der Waals surface area (Å²) in [4.78, 5) is 1.24. The van der Waals surface area contributed by atoms with Gasteiger partial charge in [0.25, 0.3) is 0 Å². The molecule has 0 saturated heterocycles. The number of ether oxygens (including phenoxy) is 1. The molecule has 1 fully saturated rings. The Balaban J connectivity index is 1.76. The van der Waals surface area contributed by atoms with Gasteiger partial charge in [-0.25, -0.2) is 22.3 Å². The van der Waals surface area contributed by atoms with Gasteiger partial charge in [0.05, 0.1) is 13.7 Å². The molecular weight excluding hydrogens is 368 g/mol. The first-order valence-electron chi connectivity index (χ1n) is 8.05. The molecule has 3 rings (SSSR count). The highest BCUT2D eigenvalue weighted by molar-refractivity contribution is 7.89. The molecule has 0 aliphatic heterocycles. The van der Waals surface area contributed by atoms with Crippen molar-refractivity contribution in [3.63, 3.8) is 0 Å². The lowest BCUT2D eigenvalue weighted by Gasteiger charge is -2.27. The van der Waals surface area contributed by atoms with Gasteiger partial charge in [-0.15, -0.1) is 10.2 Å². The SMILES string of the molecule is COc1cc(-c2nnn(CC3CCC(F)(F)CC3)n2)ccc1S(N)(=O)=O. The predicted molar refractivity (Wildman–Crippen MR) is 88.1 cm³/mol. The largest absolute Gasteiger partial charge is 0.495 e. The number of nitrogens with zero attached hydrogens (tertiary/aromatic N) is 4. The zero-order chi connectivity index (χ0) is 18.9. The molecule has 0 spiro atoms. The first-order valence-corrected chi connectivity index (χ1v) is 9.59. The first-order chi connectivity index (χ1) is 12.2. The van der Waals surface area contributed by atoms with Crippen LogP contribution >= 0.6 is 0 Å². The summed E-state index contributed by atoms with van der Waals surface area (Å²) in [5.74, 6) is -2.13. The van der Waals surface area contributed by atoms with Crippen LogP contribution in [0.2, 0.25) is 0 Å². The molecule has 1 heterocycles. The van der Waals surface area contributed by atoms with Crippen molar-refractivity contribution in [3.05, 3.63) is 18.2 Å². The highest BCUT2D eigenvalue weighted by Gasteiger charge is 2.35. The second-order valence-corrected chi connectivity index (χ2v) is 7.91. The van der Waals surface area contributed by atoms with Gasteiger partial charge in [-0.1, -0.05) is 0 Å². The number of hydrogen-bond acceptors (Lipinski definition) is 6. The van der Waals surface area contributed by atoms with Gasteiger partial charge in [-0.05, 0) is 42.2 Å². The molecule has 142 valence electrons. The molecule has 0 unspecified atom stereocenters. The molecule has 0 bridgehead atoms. The van der Waals surface area contributed by atoms with E-state index in [-0.39, 0.29) is 35.2 Å². The summed E-state index contributed by atoms with van der Waals surface area (Å²) in [5, 5.41) is 17.3. The number of tetrazole rings is 1. The number of methoxy groups -OCH3 is 1. The van der Waals surface area contributed by atoms with Gasteiger partial charge in [0.2, 0.25) is 21.8 Å². The van der Waals surface area contributed by atoms with Gasteiger partial charge >= 0.3 is 0 Å². The van der Waals surface area contributed by atoms with Crippen LogP contribution in [0.4, 0.5) is 8.78 Å². The lowest BCUT2D eigenvalue weighted by atomic mass is 9.87. The van der Waals surface area contributed by atoms with Crippen molar-refractivity contribution in [2.75, 3.05) is 7.11 Å². The maximum absolute atomic E-state index is 13.2. The number of alkyl halides is 2. The molecule has 1 aliphatic rings. The van der Waals surface area contributed by atoms with E-state index < -0.39 is 15.9 Å². The van der Waals surface area contributed by atoms with Crippen LogP contribution < -0.4 is 9.88 Å². The molecule has 2 N–H and O–H groups in total. The fourth-order valence-corrected chi connectivity index (χ4v) is 3.67. The Morgan fingerprint density at radius 1 is 1.35 bits per heavy atom. The summed E-state index contributed by atoms with van der Waals surface area (Å²) in [7, 11) is -2.59. The predicted octanol–water partition coefficient (Wildman–Crippen LogP) is 1.82. The Hall–Kier alpha value is -2.14. The molecule has 0 radical (unpaired) electrons. The summed E-state index contributed by atoms with van der Waals surface area (Å²) in [6, 6.07) is 4.28. The lowest BCUT2D eigenvalue weighted by Crippen LogP contribution is -2.27. The molecule has 0 atom stereocenters. The monoisotopic (exact) mass is 387 g/mol. The topological polar surface area (TPSA) is 113 Å². The van der Waals surface area contributed by atoms with Crippen molar-refractivity contribution in [3.8, 4) is 17.1 Å². The van der Waals surface area contributed by atoms with Crippen LogP contribution in [0.5, 0.6) is 5.75 Å².